The summed E-state index contributed by atoms with van der Waals surface area (Å²) in [7, 11) is 0. The molecule has 0 aromatic heterocycles. The van der Waals surface area contributed by atoms with E-state index >= 15 is 0 Å². The van der Waals surface area contributed by atoms with Gasteiger partial charge < -0.3 is 10.1 Å². The molecule has 1 N–H and O–H groups in total. The third-order valence-corrected chi connectivity index (χ3v) is 4.11. The van der Waals surface area contributed by atoms with Gasteiger partial charge in [0.25, 0.3) is 5.91 Å². The summed E-state index contributed by atoms with van der Waals surface area (Å²) in [5.41, 5.74) is 0.588. The number of ether oxygens (including phenoxy) is 1. The first kappa shape index (κ1) is 18.9. The predicted octanol–water partition coefficient (Wildman–Crippen LogP) is 5.48. The van der Waals surface area contributed by atoms with Gasteiger partial charge in [0.05, 0.1) is 15.6 Å². The van der Waals surface area contributed by atoms with Crippen LogP contribution in [0.2, 0.25) is 20.1 Å². The van der Waals surface area contributed by atoms with Crippen LogP contribution in [0.4, 0.5) is 5.69 Å². The van der Waals surface area contributed by atoms with Gasteiger partial charge in [-0.1, -0.05) is 46.4 Å². The highest BCUT2D eigenvalue weighted by atomic mass is 35.5. The van der Waals surface area contributed by atoms with Gasteiger partial charge in [-0.15, -0.1) is 0 Å². The Balaban J connectivity index is 2.02. The van der Waals surface area contributed by atoms with Crippen molar-refractivity contribution in [2.75, 3.05) is 5.32 Å². The lowest BCUT2D eigenvalue weighted by molar-refractivity contribution is -0.123. The molecule has 2 aromatic carbocycles. The van der Waals surface area contributed by atoms with Gasteiger partial charge in [-0.05, 0) is 43.3 Å². The third-order valence-electron chi connectivity index (χ3n) is 2.94. The summed E-state index contributed by atoms with van der Waals surface area (Å²) in [6.07, 6.45) is -1.04. The molecule has 0 bridgehead atoms. The molecule has 0 radical (unpaired) electrons. The van der Waals surface area contributed by atoms with Gasteiger partial charge in [0, 0.05) is 15.7 Å². The van der Waals surface area contributed by atoms with Crippen LogP contribution in [0.3, 0.4) is 0 Å². The Labute approximate surface area is 158 Å². The number of rotatable bonds is 4. The fraction of sp³-hybridized carbons (Fsp3) is 0.125. The standard InChI is InChI=1S/C16H11Cl4NO3/c1-8(15(22)21-12-6-10(17)5-11(18)7-12)24-16(23)9-2-3-13(19)14(20)4-9/h2-8H,1H3,(H,21,22). The maximum absolute atomic E-state index is 12.1. The van der Waals surface area contributed by atoms with Crippen LogP contribution in [0.15, 0.2) is 36.4 Å². The average Bonchev–Trinajstić information content (AvgIpc) is 2.48. The Kier molecular flexibility index (Phi) is 6.35. The smallest absolute Gasteiger partial charge is 0.338 e. The molecule has 24 heavy (non-hydrogen) atoms. The van der Waals surface area contributed by atoms with Gasteiger partial charge in [0.1, 0.15) is 0 Å². The van der Waals surface area contributed by atoms with E-state index in [-0.39, 0.29) is 10.6 Å². The van der Waals surface area contributed by atoms with E-state index in [0.29, 0.717) is 20.8 Å². The van der Waals surface area contributed by atoms with Crippen molar-refractivity contribution in [1.82, 2.24) is 0 Å². The molecule has 0 aliphatic rings. The molecule has 0 fully saturated rings. The minimum atomic E-state index is -1.04. The summed E-state index contributed by atoms with van der Waals surface area (Å²) in [6.45, 7) is 1.44. The maximum atomic E-state index is 12.1. The van der Waals surface area contributed by atoms with Crippen LogP contribution < -0.4 is 5.32 Å². The number of nitrogens with one attached hydrogen (secondary N) is 1. The maximum Gasteiger partial charge on any atom is 0.338 e. The first-order chi connectivity index (χ1) is 11.3. The van der Waals surface area contributed by atoms with E-state index in [2.05, 4.69) is 5.32 Å². The summed E-state index contributed by atoms with van der Waals surface area (Å²) in [4.78, 5) is 24.1. The zero-order valence-corrected chi connectivity index (χ0v) is 15.3. The summed E-state index contributed by atoms with van der Waals surface area (Å²) in [5.74, 6) is -1.22. The lowest BCUT2D eigenvalue weighted by Gasteiger charge is -2.14. The molecule has 0 spiro atoms. The molecule has 0 saturated heterocycles. The first-order valence-corrected chi connectivity index (χ1v) is 8.20. The van der Waals surface area contributed by atoms with Crippen LogP contribution in [-0.2, 0) is 9.53 Å². The molecule has 0 aliphatic carbocycles. The quantitative estimate of drug-likeness (QED) is 0.683. The number of carbonyl (C=O) groups excluding carboxylic acids is 2. The number of amides is 1. The zero-order chi connectivity index (χ0) is 17.9. The number of anilines is 1. The van der Waals surface area contributed by atoms with E-state index < -0.39 is 18.0 Å². The normalized spacial score (nSPS) is 11.7. The van der Waals surface area contributed by atoms with E-state index in [9.17, 15) is 9.59 Å². The fourth-order valence-corrected chi connectivity index (χ4v) is 2.60. The van der Waals surface area contributed by atoms with Gasteiger partial charge in [0.2, 0.25) is 0 Å². The number of halogens is 4. The molecule has 1 atom stereocenters. The second-order valence-electron chi connectivity index (χ2n) is 4.82. The summed E-state index contributed by atoms with van der Waals surface area (Å²) in [6, 6.07) is 8.88. The molecular formula is C16H11Cl4NO3. The van der Waals surface area contributed by atoms with Crippen molar-refractivity contribution in [3.63, 3.8) is 0 Å². The second kappa shape index (κ2) is 8.08. The Morgan fingerprint density at radius 2 is 1.58 bits per heavy atom. The Morgan fingerprint density at radius 1 is 0.958 bits per heavy atom. The van der Waals surface area contributed by atoms with Crippen LogP contribution in [0.25, 0.3) is 0 Å². The van der Waals surface area contributed by atoms with E-state index in [0.717, 1.165) is 0 Å². The van der Waals surface area contributed by atoms with Crippen molar-refractivity contribution >= 4 is 64.0 Å². The molecule has 1 unspecified atom stereocenters. The highest BCUT2D eigenvalue weighted by Crippen LogP contribution is 2.24. The molecule has 0 saturated carbocycles. The van der Waals surface area contributed by atoms with Gasteiger partial charge in [-0.2, -0.15) is 0 Å². The van der Waals surface area contributed by atoms with Crippen LogP contribution in [0.5, 0.6) is 0 Å². The molecule has 2 rings (SSSR count). The largest absolute Gasteiger partial charge is 0.449 e. The topological polar surface area (TPSA) is 55.4 Å². The zero-order valence-electron chi connectivity index (χ0n) is 12.3. The van der Waals surface area contributed by atoms with Crippen molar-refractivity contribution < 1.29 is 14.3 Å². The van der Waals surface area contributed by atoms with E-state index in [1.54, 1.807) is 0 Å². The van der Waals surface area contributed by atoms with Gasteiger partial charge in [-0.25, -0.2) is 4.79 Å². The van der Waals surface area contributed by atoms with E-state index in [1.165, 1.54) is 43.3 Å². The van der Waals surface area contributed by atoms with Gasteiger partial charge in [0.15, 0.2) is 6.10 Å². The fourth-order valence-electron chi connectivity index (χ4n) is 1.78. The number of carbonyl (C=O) groups is 2. The lowest BCUT2D eigenvalue weighted by Crippen LogP contribution is -2.30. The SMILES string of the molecule is CC(OC(=O)c1ccc(Cl)c(Cl)c1)C(=O)Nc1cc(Cl)cc(Cl)c1. The summed E-state index contributed by atoms with van der Waals surface area (Å²) < 4.78 is 5.11. The molecular weight excluding hydrogens is 396 g/mol. The van der Waals surface area contributed by atoms with Crippen LogP contribution in [-0.4, -0.2) is 18.0 Å². The predicted molar refractivity (Wildman–Crippen MR) is 96.4 cm³/mol. The first-order valence-electron chi connectivity index (χ1n) is 6.69. The molecule has 0 heterocycles. The summed E-state index contributed by atoms with van der Waals surface area (Å²) >= 11 is 23.4. The summed E-state index contributed by atoms with van der Waals surface area (Å²) in [5, 5.41) is 3.85. The van der Waals surface area contributed by atoms with Crippen molar-refractivity contribution in [3.05, 3.63) is 62.1 Å². The monoisotopic (exact) mass is 405 g/mol. The minimum Gasteiger partial charge on any atom is -0.449 e. The molecule has 4 nitrogen and oxygen atoms in total. The van der Waals surface area contributed by atoms with Crippen molar-refractivity contribution in [3.8, 4) is 0 Å². The molecule has 8 heteroatoms. The highest BCUT2D eigenvalue weighted by Gasteiger charge is 2.20. The van der Waals surface area contributed by atoms with Crippen LogP contribution in [0.1, 0.15) is 17.3 Å². The van der Waals surface area contributed by atoms with Crippen molar-refractivity contribution in [2.45, 2.75) is 13.0 Å². The van der Waals surface area contributed by atoms with E-state index in [4.69, 9.17) is 51.1 Å². The van der Waals surface area contributed by atoms with Crippen LogP contribution >= 0.6 is 46.4 Å². The third kappa shape index (κ3) is 5.02. The Hall–Kier alpha value is -1.46. The number of benzene rings is 2. The molecule has 1 amide bonds. The molecule has 126 valence electrons. The van der Waals surface area contributed by atoms with Gasteiger partial charge >= 0.3 is 5.97 Å². The Morgan fingerprint density at radius 3 is 2.17 bits per heavy atom. The lowest BCUT2D eigenvalue weighted by atomic mass is 10.2. The minimum absolute atomic E-state index is 0.190. The van der Waals surface area contributed by atoms with Crippen LogP contribution in [0, 0.1) is 0 Å². The molecule has 2 aromatic rings. The second-order valence-corrected chi connectivity index (χ2v) is 6.51. The van der Waals surface area contributed by atoms with Crippen molar-refractivity contribution in [2.24, 2.45) is 0 Å². The Bertz CT molecular complexity index is 775. The van der Waals surface area contributed by atoms with Gasteiger partial charge in [-0.3, -0.25) is 4.79 Å². The highest BCUT2D eigenvalue weighted by molar-refractivity contribution is 6.42. The van der Waals surface area contributed by atoms with Crippen molar-refractivity contribution in [1.29, 1.82) is 0 Å². The molecule has 0 aliphatic heterocycles. The number of hydrogen-bond donors (Lipinski definition) is 1. The number of hydrogen-bond acceptors (Lipinski definition) is 3. The number of esters is 1. The average molecular weight is 407 g/mol. The van der Waals surface area contributed by atoms with E-state index in [1.807, 2.05) is 0 Å².